The second-order valence-electron chi connectivity index (χ2n) is 2.63. The maximum Gasteiger partial charge on any atom is 0.308 e. The number of esters is 1. The highest BCUT2D eigenvalue weighted by Gasteiger charge is 2.21. The maximum absolute atomic E-state index is 10.9. The summed E-state index contributed by atoms with van der Waals surface area (Å²) in [5, 5.41) is -1.54. The van der Waals surface area contributed by atoms with Gasteiger partial charge >= 0.3 is 5.97 Å². The average molecular weight is 276 g/mol. The van der Waals surface area contributed by atoms with Crippen LogP contribution in [0.5, 0.6) is 0 Å². The fraction of sp³-hybridized carbons (Fsp3) is 0.833. The summed E-state index contributed by atoms with van der Waals surface area (Å²) < 4.78 is 59.1. The van der Waals surface area contributed by atoms with Gasteiger partial charge in [-0.2, -0.15) is 16.8 Å². The van der Waals surface area contributed by atoms with E-state index < -0.39 is 37.9 Å². The zero-order valence-corrected chi connectivity index (χ0v) is 10.1. The molecule has 0 spiro atoms. The highest BCUT2D eigenvalue weighted by atomic mass is 32.3. The second-order valence-corrected chi connectivity index (χ2v) is 6.09. The van der Waals surface area contributed by atoms with E-state index >= 15 is 0 Å². The Kier molecular flexibility index (Phi) is 5.86. The van der Waals surface area contributed by atoms with E-state index in [4.69, 9.17) is 4.55 Å². The number of rotatable bonds is 7. The molecular weight excluding hydrogens is 264 g/mol. The molecular formula is C6H12O8S2. The topological polar surface area (TPSA) is 124 Å². The van der Waals surface area contributed by atoms with E-state index in [1.54, 1.807) is 6.92 Å². The second kappa shape index (κ2) is 6.13. The Labute approximate surface area is 93.4 Å². The Bertz CT molecular complexity index is 419. The molecule has 0 rings (SSSR count). The van der Waals surface area contributed by atoms with Crippen molar-refractivity contribution in [3.8, 4) is 0 Å². The van der Waals surface area contributed by atoms with Gasteiger partial charge in [-0.15, -0.1) is 0 Å². The van der Waals surface area contributed by atoms with Crippen LogP contribution in [-0.4, -0.2) is 45.7 Å². The molecule has 0 unspecified atom stereocenters. The van der Waals surface area contributed by atoms with E-state index in [1.165, 1.54) is 0 Å². The van der Waals surface area contributed by atoms with E-state index in [1.807, 2.05) is 0 Å². The highest BCUT2D eigenvalue weighted by Crippen LogP contribution is 1.99. The van der Waals surface area contributed by atoms with Gasteiger partial charge in [-0.3, -0.25) is 13.5 Å². The van der Waals surface area contributed by atoms with Gasteiger partial charge in [0.1, 0.15) is 0 Å². The molecule has 0 radical (unpaired) electrons. The summed E-state index contributed by atoms with van der Waals surface area (Å²) in [7, 11) is -9.07. The third kappa shape index (κ3) is 8.59. The van der Waals surface area contributed by atoms with Crippen molar-refractivity contribution < 1.29 is 35.1 Å². The lowest BCUT2D eigenvalue weighted by Gasteiger charge is -2.03. The Balaban J connectivity index is 4.07. The van der Waals surface area contributed by atoms with Gasteiger partial charge in [-0.05, 0) is 6.92 Å². The van der Waals surface area contributed by atoms with Gasteiger partial charge in [0, 0.05) is 0 Å². The van der Waals surface area contributed by atoms with Crippen molar-refractivity contribution in [1.82, 2.24) is 0 Å². The summed E-state index contributed by atoms with van der Waals surface area (Å²) in [6.45, 7) is 1.20. The number of hydrogen-bond acceptors (Lipinski definition) is 7. The summed E-state index contributed by atoms with van der Waals surface area (Å²) in [5.74, 6) is -0.662. The van der Waals surface area contributed by atoms with Crippen molar-refractivity contribution in [3.63, 3.8) is 0 Å². The molecule has 0 atom stereocenters. The minimum absolute atomic E-state index is 0.149. The van der Waals surface area contributed by atoms with Crippen LogP contribution in [0.3, 0.4) is 0 Å². The predicted molar refractivity (Wildman–Crippen MR) is 52.5 cm³/mol. The van der Waals surface area contributed by atoms with E-state index in [0.717, 1.165) is 0 Å². The first-order valence-electron chi connectivity index (χ1n) is 4.14. The summed E-state index contributed by atoms with van der Waals surface area (Å²) in [4.78, 5) is 10.7. The molecule has 0 aromatic carbocycles. The number of ether oxygens (including phenoxy) is 1. The van der Waals surface area contributed by atoms with Crippen LogP contribution < -0.4 is 0 Å². The third-order valence-corrected chi connectivity index (χ3v) is 4.04. The van der Waals surface area contributed by atoms with E-state index in [0.29, 0.717) is 0 Å². The van der Waals surface area contributed by atoms with Gasteiger partial charge in [-0.25, -0.2) is 0 Å². The molecule has 0 fully saturated rings. The molecule has 0 aromatic heterocycles. The van der Waals surface area contributed by atoms with Crippen LogP contribution in [0.15, 0.2) is 0 Å². The average Bonchev–Trinajstić information content (AvgIpc) is 1.98. The van der Waals surface area contributed by atoms with Gasteiger partial charge in [0.15, 0.2) is 0 Å². The molecule has 0 bridgehead atoms. The van der Waals surface area contributed by atoms with E-state index in [-0.39, 0.29) is 13.0 Å². The predicted octanol–water partition coefficient (Wildman–Crippen LogP) is -0.869. The maximum atomic E-state index is 10.9. The molecule has 0 amide bonds. The molecule has 16 heavy (non-hydrogen) atoms. The first-order valence-corrected chi connectivity index (χ1v) is 7.33. The van der Waals surface area contributed by atoms with Crippen molar-refractivity contribution in [2.75, 3.05) is 18.3 Å². The van der Waals surface area contributed by atoms with Crippen LogP contribution in [-0.2, 0) is 34.0 Å². The summed E-state index contributed by atoms with van der Waals surface area (Å²) in [5.41, 5.74) is 0. The fourth-order valence-corrected chi connectivity index (χ4v) is 2.77. The number of hydrogen-bond donors (Lipinski definition) is 1. The van der Waals surface area contributed by atoms with Gasteiger partial charge in [-0.1, -0.05) is 0 Å². The quantitative estimate of drug-likeness (QED) is 0.361. The first-order chi connectivity index (χ1) is 7.16. The van der Waals surface area contributed by atoms with E-state index in [2.05, 4.69) is 8.92 Å². The largest absolute Gasteiger partial charge is 0.466 e. The molecule has 8 nitrogen and oxygen atoms in total. The van der Waals surface area contributed by atoms with Crippen LogP contribution in [0, 0.1) is 0 Å². The number of carbonyl (C=O) groups excluding carboxylic acids is 1. The normalized spacial score (nSPS) is 12.4. The Morgan fingerprint density at radius 3 is 2.25 bits per heavy atom. The van der Waals surface area contributed by atoms with Crippen molar-refractivity contribution in [2.45, 2.75) is 13.3 Å². The molecule has 0 aliphatic carbocycles. The zero-order chi connectivity index (χ0) is 12.8. The molecule has 0 saturated heterocycles. The lowest BCUT2D eigenvalue weighted by Crippen LogP contribution is -2.19. The monoisotopic (exact) mass is 276 g/mol. The summed E-state index contributed by atoms with van der Waals surface area (Å²) in [6, 6.07) is 0. The summed E-state index contributed by atoms with van der Waals surface area (Å²) in [6.07, 6.45) is -0.321. The number of carbonyl (C=O) groups is 1. The van der Waals surface area contributed by atoms with Crippen LogP contribution >= 0.6 is 0 Å². The SMILES string of the molecule is CCOC(=O)CCOS(=O)(=O)CS(=O)(=O)O. The molecule has 96 valence electrons. The van der Waals surface area contributed by atoms with Crippen LogP contribution in [0.4, 0.5) is 0 Å². The first kappa shape index (κ1) is 15.3. The fourth-order valence-electron chi connectivity index (χ4n) is 0.702. The Hall–Kier alpha value is -0.710. The lowest BCUT2D eigenvalue weighted by molar-refractivity contribution is -0.143. The molecule has 0 heterocycles. The standard InChI is InChI=1S/C6H12O8S2/c1-2-13-6(7)3-4-14-16(11,12)5-15(8,9)10/h2-5H2,1H3,(H,8,9,10). The van der Waals surface area contributed by atoms with Crippen molar-refractivity contribution in [1.29, 1.82) is 0 Å². The Morgan fingerprint density at radius 2 is 1.81 bits per heavy atom. The van der Waals surface area contributed by atoms with Gasteiger partial charge in [0.05, 0.1) is 19.6 Å². The molecule has 1 N–H and O–H groups in total. The molecule has 0 aliphatic heterocycles. The minimum Gasteiger partial charge on any atom is -0.466 e. The van der Waals surface area contributed by atoms with Crippen molar-refractivity contribution >= 4 is 26.2 Å². The lowest BCUT2D eigenvalue weighted by atomic mass is 10.5. The molecule has 0 saturated carbocycles. The zero-order valence-electron chi connectivity index (χ0n) is 8.45. The molecule has 0 aliphatic rings. The van der Waals surface area contributed by atoms with Gasteiger partial charge in [0.2, 0.25) is 5.08 Å². The van der Waals surface area contributed by atoms with E-state index in [9.17, 15) is 21.6 Å². The minimum atomic E-state index is -4.67. The van der Waals surface area contributed by atoms with Crippen molar-refractivity contribution in [3.05, 3.63) is 0 Å². The Morgan fingerprint density at radius 1 is 1.25 bits per heavy atom. The smallest absolute Gasteiger partial charge is 0.308 e. The third-order valence-electron chi connectivity index (χ3n) is 1.17. The van der Waals surface area contributed by atoms with Crippen LogP contribution in [0.25, 0.3) is 0 Å². The molecule has 10 heteroatoms. The van der Waals surface area contributed by atoms with Crippen molar-refractivity contribution in [2.24, 2.45) is 0 Å². The summed E-state index contributed by atoms with van der Waals surface area (Å²) >= 11 is 0. The van der Waals surface area contributed by atoms with Gasteiger partial charge in [0.25, 0.3) is 20.2 Å². The molecule has 0 aromatic rings. The van der Waals surface area contributed by atoms with Crippen LogP contribution in [0.1, 0.15) is 13.3 Å². The van der Waals surface area contributed by atoms with Crippen LogP contribution in [0.2, 0.25) is 0 Å². The van der Waals surface area contributed by atoms with Gasteiger partial charge < -0.3 is 4.74 Å². The highest BCUT2D eigenvalue weighted by molar-refractivity contribution is 8.03.